The summed E-state index contributed by atoms with van der Waals surface area (Å²) >= 11 is 0. The third-order valence-electron chi connectivity index (χ3n) is 4.58. The lowest BCUT2D eigenvalue weighted by Crippen LogP contribution is -2.57. The molecule has 1 heterocycles. The summed E-state index contributed by atoms with van der Waals surface area (Å²) in [7, 11) is 0. The molecule has 2 aliphatic rings. The van der Waals surface area contributed by atoms with Crippen LogP contribution in [0.4, 0.5) is 0 Å². The normalized spacial score (nSPS) is 38.5. The van der Waals surface area contributed by atoms with E-state index in [2.05, 4.69) is 37.9 Å². The molecule has 1 saturated heterocycles. The van der Waals surface area contributed by atoms with Gasteiger partial charge in [-0.2, -0.15) is 0 Å². The molecule has 1 saturated carbocycles. The van der Waals surface area contributed by atoms with Crippen molar-refractivity contribution in [1.82, 2.24) is 10.2 Å². The number of rotatable bonds is 3. The molecule has 0 spiro atoms. The van der Waals surface area contributed by atoms with Gasteiger partial charge in [0.15, 0.2) is 0 Å². The highest BCUT2D eigenvalue weighted by Gasteiger charge is 2.45. The van der Waals surface area contributed by atoms with Gasteiger partial charge in [0.25, 0.3) is 0 Å². The number of morpholine rings is 1. The zero-order valence-corrected chi connectivity index (χ0v) is 11.8. The number of nitrogens with zero attached hydrogens (tertiary/aromatic N) is 1. The summed E-state index contributed by atoms with van der Waals surface area (Å²) in [5, 5.41) is 3.72. The van der Waals surface area contributed by atoms with Crippen LogP contribution in [0.25, 0.3) is 0 Å². The fourth-order valence-electron chi connectivity index (χ4n) is 3.59. The summed E-state index contributed by atoms with van der Waals surface area (Å²) in [6.45, 7) is 13.3. The van der Waals surface area contributed by atoms with Gasteiger partial charge in [0.1, 0.15) is 0 Å². The second-order valence-corrected chi connectivity index (χ2v) is 6.29. The van der Waals surface area contributed by atoms with Crippen molar-refractivity contribution in [3.63, 3.8) is 0 Å². The molecule has 0 aromatic carbocycles. The van der Waals surface area contributed by atoms with Gasteiger partial charge in [-0.25, -0.2) is 0 Å². The molecule has 3 unspecified atom stereocenters. The first-order valence-corrected chi connectivity index (χ1v) is 7.13. The molecular weight excluding hydrogens is 212 g/mol. The maximum Gasteiger partial charge on any atom is 0.0619 e. The summed E-state index contributed by atoms with van der Waals surface area (Å²) in [5.74, 6) is 0. The molecule has 1 N–H and O–H groups in total. The lowest BCUT2D eigenvalue weighted by molar-refractivity contribution is -0.0290. The number of nitrogens with one attached hydrogen (secondary N) is 1. The minimum absolute atomic E-state index is 0.429. The van der Waals surface area contributed by atoms with Crippen LogP contribution in [0.5, 0.6) is 0 Å². The second kappa shape index (κ2) is 5.25. The Morgan fingerprint density at radius 1 is 1.41 bits per heavy atom. The van der Waals surface area contributed by atoms with Gasteiger partial charge in [0, 0.05) is 24.7 Å². The molecule has 0 bridgehead atoms. The molecule has 2 fully saturated rings. The number of hydrogen-bond acceptors (Lipinski definition) is 3. The fraction of sp³-hybridized carbons (Fsp3) is 1.00. The topological polar surface area (TPSA) is 24.5 Å². The van der Waals surface area contributed by atoms with Crippen LogP contribution in [0.3, 0.4) is 0 Å². The van der Waals surface area contributed by atoms with Crippen LogP contribution in [0.1, 0.15) is 40.5 Å². The molecule has 1 aliphatic heterocycles. The molecule has 2 rings (SSSR count). The molecule has 1 aliphatic carbocycles. The van der Waals surface area contributed by atoms with Crippen molar-refractivity contribution < 1.29 is 4.74 Å². The lowest BCUT2D eigenvalue weighted by atomic mass is 9.86. The van der Waals surface area contributed by atoms with E-state index >= 15 is 0 Å². The van der Waals surface area contributed by atoms with Gasteiger partial charge in [0.2, 0.25) is 0 Å². The SMILES string of the molecule is CCNC1C(N2CCOCC2C)CCC1(C)C. The van der Waals surface area contributed by atoms with Crippen molar-refractivity contribution in [2.45, 2.75) is 58.7 Å². The molecule has 0 radical (unpaired) electrons. The number of hydrogen-bond donors (Lipinski definition) is 1. The van der Waals surface area contributed by atoms with Crippen molar-refractivity contribution >= 4 is 0 Å². The van der Waals surface area contributed by atoms with Gasteiger partial charge < -0.3 is 10.1 Å². The van der Waals surface area contributed by atoms with Gasteiger partial charge in [-0.05, 0) is 31.7 Å². The lowest BCUT2D eigenvalue weighted by Gasteiger charge is -2.42. The maximum atomic E-state index is 5.56. The third kappa shape index (κ3) is 2.67. The first-order chi connectivity index (χ1) is 8.06. The molecule has 0 aromatic heterocycles. The van der Waals surface area contributed by atoms with E-state index in [4.69, 9.17) is 4.74 Å². The quantitative estimate of drug-likeness (QED) is 0.815. The number of likely N-dealkylation sites (N-methyl/N-ethyl adjacent to an activating group) is 1. The van der Waals surface area contributed by atoms with Crippen LogP contribution in [-0.2, 0) is 4.74 Å². The molecule has 17 heavy (non-hydrogen) atoms. The average Bonchev–Trinajstić information content (AvgIpc) is 2.57. The van der Waals surface area contributed by atoms with E-state index in [1.807, 2.05) is 0 Å². The minimum atomic E-state index is 0.429. The zero-order chi connectivity index (χ0) is 12.5. The fourth-order valence-corrected chi connectivity index (χ4v) is 3.59. The number of ether oxygens (including phenoxy) is 1. The highest BCUT2D eigenvalue weighted by molar-refractivity contribution is 5.02. The molecule has 0 amide bonds. The van der Waals surface area contributed by atoms with Crippen molar-refractivity contribution in [3.8, 4) is 0 Å². The van der Waals surface area contributed by atoms with Gasteiger partial charge >= 0.3 is 0 Å². The third-order valence-corrected chi connectivity index (χ3v) is 4.58. The van der Waals surface area contributed by atoms with E-state index in [-0.39, 0.29) is 0 Å². The largest absolute Gasteiger partial charge is 0.379 e. The standard InChI is InChI=1S/C14H28N2O/c1-5-15-13-12(6-7-14(13,3)4)16-8-9-17-10-11(16)2/h11-13,15H,5-10H2,1-4H3. The zero-order valence-electron chi connectivity index (χ0n) is 11.8. The van der Waals surface area contributed by atoms with Crippen LogP contribution >= 0.6 is 0 Å². The minimum Gasteiger partial charge on any atom is -0.379 e. The predicted octanol–water partition coefficient (Wildman–Crippen LogP) is 1.87. The average molecular weight is 240 g/mol. The van der Waals surface area contributed by atoms with Gasteiger partial charge in [-0.15, -0.1) is 0 Å². The Bertz CT molecular complexity index is 255. The first-order valence-electron chi connectivity index (χ1n) is 7.13. The molecular formula is C14H28N2O. The smallest absolute Gasteiger partial charge is 0.0619 e. The Kier molecular flexibility index (Phi) is 4.11. The van der Waals surface area contributed by atoms with E-state index in [0.29, 0.717) is 23.5 Å². The van der Waals surface area contributed by atoms with Crippen LogP contribution in [-0.4, -0.2) is 49.3 Å². The summed E-state index contributed by atoms with van der Waals surface area (Å²) in [4.78, 5) is 2.67. The highest BCUT2D eigenvalue weighted by Crippen LogP contribution is 2.40. The Balaban J connectivity index is 2.08. The van der Waals surface area contributed by atoms with Crippen molar-refractivity contribution in [2.75, 3.05) is 26.3 Å². The van der Waals surface area contributed by atoms with E-state index in [0.717, 1.165) is 26.3 Å². The van der Waals surface area contributed by atoms with E-state index in [1.54, 1.807) is 0 Å². The van der Waals surface area contributed by atoms with Gasteiger partial charge in [-0.3, -0.25) is 4.90 Å². The van der Waals surface area contributed by atoms with Crippen LogP contribution in [0.2, 0.25) is 0 Å². The second-order valence-electron chi connectivity index (χ2n) is 6.29. The Morgan fingerprint density at radius 3 is 2.82 bits per heavy atom. The van der Waals surface area contributed by atoms with Crippen LogP contribution in [0, 0.1) is 5.41 Å². The van der Waals surface area contributed by atoms with Crippen LogP contribution < -0.4 is 5.32 Å². The predicted molar refractivity (Wildman–Crippen MR) is 71.3 cm³/mol. The summed E-state index contributed by atoms with van der Waals surface area (Å²) < 4.78 is 5.56. The molecule has 0 aromatic rings. The van der Waals surface area contributed by atoms with E-state index in [9.17, 15) is 0 Å². The van der Waals surface area contributed by atoms with Crippen LogP contribution in [0.15, 0.2) is 0 Å². The van der Waals surface area contributed by atoms with Crippen molar-refractivity contribution in [3.05, 3.63) is 0 Å². The first kappa shape index (κ1) is 13.3. The van der Waals surface area contributed by atoms with Gasteiger partial charge in [0.05, 0.1) is 13.2 Å². The van der Waals surface area contributed by atoms with E-state index < -0.39 is 0 Å². The monoisotopic (exact) mass is 240 g/mol. The van der Waals surface area contributed by atoms with E-state index in [1.165, 1.54) is 12.8 Å². The Morgan fingerprint density at radius 2 is 2.18 bits per heavy atom. The molecule has 3 atom stereocenters. The molecule has 3 nitrogen and oxygen atoms in total. The van der Waals surface area contributed by atoms with Gasteiger partial charge in [-0.1, -0.05) is 20.8 Å². The maximum absolute atomic E-state index is 5.56. The van der Waals surface area contributed by atoms with Crippen molar-refractivity contribution in [1.29, 1.82) is 0 Å². The summed E-state index contributed by atoms with van der Waals surface area (Å²) in [5.41, 5.74) is 0.429. The summed E-state index contributed by atoms with van der Waals surface area (Å²) in [6.07, 6.45) is 2.66. The Hall–Kier alpha value is -0.120. The van der Waals surface area contributed by atoms with Crippen molar-refractivity contribution in [2.24, 2.45) is 5.41 Å². The highest BCUT2D eigenvalue weighted by atomic mass is 16.5. The Labute approximate surface area is 106 Å². The summed E-state index contributed by atoms with van der Waals surface area (Å²) in [6, 6.07) is 1.90. The molecule has 3 heteroatoms. The molecule has 100 valence electrons.